The summed E-state index contributed by atoms with van der Waals surface area (Å²) in [6, 6.07) is -4.43. The second-order valence-electron chi connectivity index (χ2n) is 8.60. The second-order valence-corrected chi connectivity index (χ2v) is 9.59. The van der Waals surface area contributed by atoms with Crippen LogP contribution in [0.1, 0.15) is 52.4 Å². The van der Waals surface area contributed by atoms with E-state index < -0.39 is 53.8 Å². The molecule has 0 saturated carbocycles. The van der Waals surface area contributed by atoms with E-state index in [0.717, 1.165) is 0 Å². The third-order valence-corrected chi connectivity index (χ3v) is 6.25. The zero-order valence-corrected chi connectivity index (χ0v) is 22.4. The van der Waals surface area contributed by atoms with E-state index in [9.17, 15) is 29.1 Å². The molecule has 3 amide bonds. The van der Waals surface area contributed by atoms with E-state index in [0.29, 0.717) is 18.6 Å². The molecule has 5 atom stereocenters. The predicted octanol–water partition coefficient (Wildman–Crippen LogP) is -1.43. The summed E-state index contributed by atoms with van der Waals surface area (Å²) in [5, 5.41) is 25.9. The van der Waals surface area contributed by atoms with Crippen molar-refractivity contribution in [1.82, 2.24) is 16.0 Å². The van der Waals surface area contributed by atoms with Gasteiger partial charge in [-0.1, -0.05) is 20.3 Å². The number of aliphatic imine (C=N–C) groups is 1. The fourth-order valence-corrected chi connectivity index (χ4v) is 3.64. The van der Waals surface area contributed by atoms with Crippen molar-refractivity contribution in [3.63, 3.8) is 0 Å². The van der Waals surface area contributed by atoms with Gasteiger partial charge in [-0.25, -0.2) is 4.79 Å². The van der Waals surface area contributed by atoms with Gasteiger partial charge in [-0.3, -0.25) is 24.2 Å². The fraction of sp³-hybridized carbons (Fsp3) is 0.727. The number of rotatable bonds is 19. The van der Waals surface area contributed by atoms with Gasteiger partial charge in [0.05, 0.1) is 6.04 Å². The SMILES string of the molecule is CCC(C)C(NC(=O)C(N)CCC(=O)O)C(=O)NC(CCSC)C(=O)NC(CCCN=C(N)N)C(=O)O. The molecule has 37 heavy (non-hydrogen) atoms. The van der Waals surface area contributed by atoms with Crippen molar-refractivity contribution >= 4 is 47.4 Å². The van der Waals surface area contributed by atoms with Crippen LogP contribution in [0.3, 0.4) is 0 Å². The minimum Gasteiger partial charge on any atom is -0.481 e. The first kappa shape index (κ1) is 33.9. The van der Waals surface area contributed by atoms with Crippen LogP contribution >= 0.6 is 11.8 Å². The molecule has 0 heterocycles. The lowest BCUT2D eigenvalue weighted by molar-refractivity contribution is -0.142. The van der Waals surface area contributed by atoms with Gasteiger partial charge in [0.1, 0.15) is 18.1 Å². The van der Waals surface area contributed by atoms with Gasteiger partial charge >= 0.3 is 11.9 Å². The molecule has 0 aromatic carbocycles. The maximum Gasteiger partial charge on any atom is 0.326 e. The highest BCUT2D eigenvalue weighted by Gasteiger charge is 2.32. The summed E-state index contributed by atoms with van der Waals surface area (Å²) in [5.74, 6) is -4.28. The van der Waals surface area contributed by atoms with E-state index in [4.69, 9.17) is 22.3 Å². The molecule has 15 heteroatoms. The second kappa shape index (κ2) is 18.2. The molecule has 0 spiro atoms. The summed E-state index contributed by atoms with van der Waals surface area (Å²) in [6.45, 7) is 3.75. The van der Waals surface area contributed by atoms with Crippen LogP contribution in [-0.4, -0.2) is 88.6 Å². The van der Waals surface area contributed by atoms with Crippen molar-refractivity contribution in [3.05, 3.63) is 0 Å². The molecule has 14 nitrogen and oxygen atoms in total. The van der Waals surface area contributed by atoms with Crippen LogP contribution in [0.2, 0.25) is 0 Å². The van der Waals surface area contributed by atoms with Crippen LogP contribution in [0.4, 0.5) is 0 Å². The van der Waals surface area contributed by atoms with Crippen molar-refractivity contribution in [2.45, 2.75) is 76.5 Å². The Bertz CT molecular complexity index is 808. The Morgan fingerprint density at radius 3 is 2.05 bits per heavy atom. The summed E-state index contributed by atoms with van der Waals surface area (Å²) in [6.07, 6.45) is 2.53. The average Bonchev–Trinajstić information content (AvgIpc) is 2.83. The smallest absolute Gasteiger partial charge is 0.326 e. The number of carbonyl (C=O) groups is 5. The molecule has 0 bridgehead atoms. The van der Waals surface area contributed by atoms with Gasteiger partial charge in [0.2, 0.25) is 17.7 Å². The van der Waals surface area contributed by atoms with Crippen molar-refractivity contribution in [3.8, 4) is 0 Å². The summed E-state index contributed by atoms with van der Waals surface area (Å²) >= 11 is 1.44. The molecular formula is C22H41N7O7S. The molecule has 0 saturated heterocycles. The molecule has 0 aliphatic rings. The molecule has 0 fully saturated rings. The van der Waals surface area contributed by atoms with Crippen LogP contribution in [0.25, 0.3) is 0 Å². The summed E-state index contributed by atoms with van der Waals surface area (Å²) in [7, 11) is 0. The van der Waals surface area contributed by atoms with Crippen LogP contribution < -0.4 is 33.2 Å². The van der Waals surface area contributed by atoms with Gasteiger partial charge in [0, 0.05) is 13.0 Å². The van der Waals surface area contributed by atoms with Gasteiger partial charge in [-0.15, -0.1) is 0 Å². The lowest BCUT2D eigenvalue weighted by Crippen LogP contribution is -2.58. The Labute approximate surface area is 220 Å². The zero-order valence-electron chi connectivity index (χ0n) is 21.6. The Balaban J connectivity index is 5.46. The lowest BCUT2D eigenvalue weighted by atomic mass is 9.97. The average molecular weight is 548 g/mol. The van der Waals surface area contributed by atoms with Crippen LogP contribution in [0.15, 0.2) is 4.99 Å². The zero-order chi connectivity index (χ0) is 28.5. The number of carboxylic acids is 2. The number of thioether (sulfide) groups is 1. The standard InChI is InChI=1S/C22H41N7O7S/c1-4-12(2)17(29-18(32)13(23)7-8-16(30)31)20(34)27-14(9-11-37-3)19(33)28-15(21(35)36)6-5-10-26-22(24)25/h12-15,17H,4-11,23H2,1-3H3,(H,27,34)(H,28,33)(H,29,32)(H,30,31)(H,35,36)(H4,24,25,26). The van der Waals surface area contributed by atoms with Gasteiger partial charge in [-0.2, -0.15) is 11.8 Å². The molecule has 0 aliphatic carbocycles. The molecule has 212 valence electrons. The number of amides is 3. The molecule has 0 aromatic heterocycles. The topological polar surface area (TPSA) is 252 Å². The fourth-order valence-electron chi connectivity index (χ4n) is 3.17. The Morgan fingerprint density at radius 2 is 1.54 bits per heavy atom. The van der Waals surface area contributed by atoms with Crippen LogP contribution in [-0.2, 0) is 24.0 Å². The number of hydrogen-bond donors (Lipinski definition) is 8. The first-order valence-corrected chi connectivity index (χ1v) is 13.4. The minimum absolute atomic E-state index is 0.0703. The number of nitrogens with one attached hydrogen (secondary N) is 3. The van der Waals surface area contributed by atoms with E-state index in [1.165, 1.54) is 11.8 Å². The maximum absolute atomic E-state index is 13.1. The van der Waals surface area contributed by atoms with Crippen LogP contribution in [0.5, 0.6) is 0 Å². The highest BCUT2D eigenvalue weighted by atomic mass is 32.2. The van der Waals surface area contributed by atoms with Crippen molar-refractivity contribution in [2.75, 3.05) is 18.6 Å². The van der Waals surface area contributed by atoms with E-state index >= 15 is 0 Å². The molecule has 0 aromatic rings. The monoisotopic (exact) mass is 547 g/mol. The highest BCUT2D eigenvalue weighted by Crippen LogP contribution is 2.11. The quantitative estimate of drug-likeness (QED) is 0.0528. The normalized spacial score (nSPS) is 14.8. The van der Waals surface area contributed by atoms with Crippen molar-refractivity contribution < 1.29 is 34.2 Å². The largest absolute Gasteiger partial charge is 0.481 e. The first-order chi connectivity index (χ1) is 17.3. The maximum atomic E-state index is 13.1. The number of hydrogen-bond acceptors (Lipinski definition) is 8. The Hall–Kier alpha value is -3.07. The molecular weight excluding hydrogens is 506 g/mol. The minimum atomic E-state index is -1.24. The third-order valence-electron chi connectivity index (χ3n) is 5.60. The number of nitrogens with two attached hydrogens (primary N) is 3. The van der Waals surface area contributed by atoms with Gasteiger partial charge in [0.15, 0.2) is 5.96 Å². The summed E-state index contributed by atoms with van der Waals surface area (Å²) < 4.78 is 0. The van der Waals surface area contributed by atoms with Gasteiger partial charge in [-0.05, 0) is 43.6 Å². The molecule has 0 aliphatic heterocycles. The van der Waals surface area contributed by atoms with E-state index in [1.54, 1.807) is 6.92 Å². The van der Waals surface area contributed by atoms with Crippen molar-refractivity contribution in [2.24, 2.45) is 28.1 Å². The Kier molecular flexibility index (Phi) is 16.7. The van der Waals surface area contributed by atoms with Gasteiger partial charge in [0.25, 0.3) is 0 Å². The van der Waals surface area contributed by atoms with E-state index in [-0.39, 0.29) is 44.1 Å². The highest BCUT2D eigenvalue weighted by molar-refractivity contribution is 7.98. The predicted molar refractivity (Wildman–Crippen MR) is 141 cm³/mol. The molecule has 0 radical (unpaired) electrons. The third kappa shape index (κ3) is 14.3. The molecule has 11 N–H and O–H groups in total. The van der Waals surface area contributed by atoms with Crippen LogP contribution in [0, 0.1) is 5.92 Å². The van der Waals surface area contributed by atoms with Gasteiger partial charge < -0.3 is 43.4 Å². The number of guanidine groups is 1. The molecule has 0 rings (SSSR count). The summed E-state index contributed by atoms with van der Waals surface area (Å²) in [4.78, 5) is 64.8. The number of carbonyl (C=O) groups excluding carboxylic acids is 3. The number of aliphatic carboxylic acids is 2. The summed E-state index contributed by atoms with van der Waals surface area (Å²) in [5.41, 5.74) is 16.3. The lowest BCUT2D eigenvalue weighted by Gasteiger charge is -2.28. The van der Waals surface area contributed by atoms with E-state index in [2.05, 4.69) is 20.9 Å². The van der Waals surface area contributed by atoms with E-state index in [1.807, 2.05) is 13.2 Å². The first-order valence-electron chi connectivity index (χ1n) is 12.0. The number of nitrogens with zero attached hydrogens (tertiary/aromatic N) is 1. The number of carboxylic acid groups (broad SMARTS) is 2. The Morgan fingerprint density at radius 1 is 0.919 bits per heavy atom. The molecule has 5 unspecified atom stereocenters. The van der Waals surface area contributed by atoms with Crippen molar-refractivity contribution in [1.29, 1.82) is 0 Å².